The van der Waals surface area contributed by atoms with Gasteiger partial charge in [0.2, 0.25) is 5.79 Å². The summed E-state index contributed by atoms with van der Waals surface area (Å²) in [4.78, 5) is 2.40. The molecule has 1 aromatic rings. The summed E-state index contributed by atoms with van der Waals surface area (Å²) in [6.45, 7) is 3.13. The highest BCUT2D eigenvalue weighted by Gasteiger charge is 2.53. The molecule has 0 aromatic heterocycles. The van der Waals surface area contributed by atoms with Gasteiger partial charge in [-0.25, -0.2) is 9.11 Å². The minimum Gasteiger partial charge on any atom is -0.303 e. The van der Waals surface area contributed by atoms with E-state index in [2.05, 4.69) is 26.2 Å². The van der Waals surface area contributed by atoms with Crippen molar-refractivity contribution in [2.75, 3.05) is 19.6 Å². The maximum Gasteiger partial charge on any atom is 0.225 e. The molecule has 3 nitrogen and oxygen atoms in total. The first-order chi connectivity index (χ1) is 10.8. The number of fused-ring (bicyclic) bond motifs is 3. The Kier molecular flexibility index (Phi) is 4.19. The molecular formula is C16H20FN3S2. The molecule has 1 aromatic carbocycles. The largest absolute Gasteiger partial charge is 0.303 e. The van der Waals surface area contributed by atoms with Gasteiger partial charge in [-0.3, -0.25) is 0 Å². The minimum atomic E-state index is -1.45. The monoisotopic (exact) mass is 337 g/mol. The van der Waals surface area contributed by atoms with Crippen molar-refractivity contribution in [3.63, 3.8) is 0 Å². The first-order valence-corrected chi connectivity index (χ1v) is 9.61. The highest BCUT2D eigenvalue weighted by molar-refractivity contribution is 8.14. The van der Waals surface area contributed by atoms with Crippen molar-refractivity contribution in [1.29, 1.82) is 0 Å². The van der Waals surface area contributed by atoms with E-state index in [9.17, 15) is 0 Å². The van der Waals surface area contributed by atoms with Crippen LogP contribution in [0.2, 0.25) is 0 Å². The number of rotatable bonds is 3. The summed E-state index contributed by atoms with van der Waals surface area (Å²) in [5, 5.41) is 0.625. The first-order valence-electron chi connectivity index (χ1n) is 7.85. The van der Waals surface area contributed by atoms with E-state index in [0.29, 0.717) is 11.0 Å². The van der Waals surface area contributed by atoms with E-state index in [1.54, 1.807) is 0 Å². The third-order valence-electron chi connectivity index (χ3n) is 5.02. The molecule has 3 saturated heterocycles. The molecule has 0 aliphatic carbocycles. The standard InChI is InChI=1S/C16H20FN3S2/c17-16(14-10-20-8-6-13(14)7-9-20)15(18-22-19-16)21-11-12-4-2-1-3-5-12/h1-5,13-14,19H,6-11H2. The highest BCUT2D eigenvalue weighted by atomic mass is 32.2. The zero-order valence-electron chi connectivity index (χ0n) is 12.4. The lowest BCUT2D eigenvalue weighted by atomic mass is 9.74. The lowest BCUT2D eigenvalue weighted by Crippen LogP contribution is -2.59. The van der Waals surface area contributed by atoms with Crippen LogP contribution in [0.5, 0.6) is 0 Å². The maximum absolute atomic E-state index is 15.7. The summed E-state index contributed by atoms with van der Waals surface area (Å²) in [5.74, 6) is -0.154. The molecule has 4 heterocycles. The normalized spacial score (nSPS) is 37.3. The molecule has 4 aliphatic heterocycles. The molecule has 0 saturated carbocycles. The zero-order chi connectivity index (χ0) is 15.0. The van der Waals surface area contributed by atoms with Crippen LogP contribution in [0, 0.1) is 11.8 Å². The Morgan fingerprint density at radius 2 is 2.09 bits per heavy atom. The molecule has 2 unspecified atom stereocenters. The number of nitrogens with zero attached hydrogens (tertiary/aromatic N) is 2. The van der Waals surface area contributed by atoms with E-state index in [4.69, 9.17) is 0 Å². The van der Waals surface area contributed by atoms with Crippen LogP contribution >= 0.6 is 23.9 Å². The smallest absolute Gasteiger partial charge is 0.225 e. The first kappa shape index (κ1) is 15.0. The minimum absolute atomic E-state index is 0.0343. The average molecular weight is 337 g/mol. The Hall–Kier alpha value is -0.560. The van der Waals surface area contributed by atoms with Crippen LogP contribution in [0.3, 0.4) is 0 Å². The number of hydrogen-bond donors (Lipinski definition) is 1. The lowest BCUT2D eigenvalue weighted by Gasteiger charge is -2.48. The molecule has 1 N–H and O–H groups in total. The number of alkyl halides is 1. The number of hydrogen-bond acceptors (Lipinski definition) is 5. The molecule has 2 atom stereocenters. The second-order valence-corrected chi connectivity index (χ2v) is 7.85. The van der Waals surface area contributed by atoms with E-state index in [1.165, 1.54) is 29.5 Å². The van der Waals surface area contributed by atoms with Crippen molar-refractivity contribution in [1.82, 2.24) is 9.62 Å². The van der Waals surface area contributed by atoms with E-state index >= 15 is 4.39 Å². The zero-order valence-corrected chi connectivity index (χ0v) is 14.0. The van der Waals surface area contributed by atoms with Gasteiger partial charge in [0.1, 0.15) is 5.04 Å². The number of piperidine rings is 3. The third kappa shape index (κ3) is 2.70. The van der Waals surface area contributed by atoms with Crippen LogP contribution in [-0.2, 0) is 5.75 Å². The van der Waals surface area contributed by atoms with Gasteiger partial charge in [-0.15, -0.1) is 11.8 Å². The van der Waals surface area contributed by atoms with Crippen molar-refractivity contribution >= 4 is 28.9 Å². The molecule has 3 fully saturated rings. The SMILES string of the molecule is FC1(C2CN3CCC2CC3)NSN=C1SCc1ccccc1. The summed E-state index contributed by atoms with van der Waals surface area (Å²) < 4.78 is 23.0. The van der Waals surface area contributed by atoms with E-state index < -0.39 is 5.79 Å². The summed E-state index contributed by atoms with van der Waals surface area (Å²) in [5.41, 5.74) is 1.21. The van der Waals surface area contributed by atoms with E-state index in [1.807, 2.05) is 18.2 Å². The third-order valence-corrected chi connectivity index (χ3v) is 6.94. The van der Waals surface area contributed by atoms with Crippen molar-refractivity contribution in [3.8, 4) is 0 Å². The summed E-state index contributed by atoms with van der Waals surface area (Å²) in [7, 11) is 0. The highest BCUT2D eigenvalue weighted by Crippen LogP contribution is 2.45. The molecule has 22 heavy (non-hydrogen) atoms. The van der Waals surface area contributed by atoms with Crippen LogP contribution < -0.4 is 4.72 Å². The lowest BCUT2D eigenvalue weighted by molar-refractivity contribution is -0.0168. The molecule has 0 radical (unpaired) electrons. The maximum atomic E-state index is 15.7. The fourth-order valence-electron chi connectivity index (χ4n) is 3.75. The Labute approximate surface area is 139 Å². The molecule has 118 valence electrons. The van der Waals surface area contributed by atoms with Gasteiger partial charge in [0, 0.05) is 18.2 Å². The number of nitrogens with one attached hydrogen (secondary N) is 1. The van der Waals surface area contributed by atoms with Gasteiger partial charge in [-0.1, -0.05) is 30.3 Å². The van der Waals surface area contributed by atoms with Crippen LogP contribution in [0.4, 0.5) is 4.39 Å². The number of benzene rings is 1. The molecule has 0 amide bonds. The van der Waals surface area contributed by atoms with Crippen LogP contribution in [-0.4, -0.2) is 35.4 Å². The molecule has 6 heteroatoms. The second-order valence-electron chi connectivity index (χ2n) is 6.32. The van der Waals surface area contributed by atoms with E-state index in [0.717, 1.165) is 38.2 Å². The summed E-state index contributed by atoms with van der Waals surface area (Å²) >= 11 is 2.71. The molecule has 0 spiro atoms. The van der Waals surface area contributed by atoms with Crippen molar-refractivity contribution in [2.24, 2.45) is 16.2 Å². The van der Waals surface area contributed by atoms with Gasteiger partial charge in [0.05, 0.1) is 12.1 Å². The second kappa shape index (κ2) is 6.15. The van der Waals surface area contributed by atoms with Crippen LogP contribution in [0.15, 0.2) is 34.7 Å². The quantitative estimate of drug-likeness (QED) is 0.675. The molecule has 5 rings (SSSR count). The predicted molar refractivity (Wildman–Crippen MR) is 92.4 cm³/mol. The van der Waals surface area contributed by atoms with Crippen molar-refractivity contribution in [3.05, 3.63) is 35.9 Å². The van der Waals surface area contributed by atoms with Gasteiger partial charge in [-0.05, 0) is 37.4 Å². The van der Waals surface area contributed by atoms with Gasteiger partial charge in [0.15, 0.2) is 0 Å². The van der Waals surface area contributed by atoms with Crippen molar-refractivity contribution < 1.29 is 4.39 Å². The van der Waals surface area contributed by atoms with Gasteiger partial charge >= 0.3 is 0 Å². The fourth-order valence-corrected chi connectivity index (χ4v) is 5.69. The summed E-state index contributed by atoms with van der Waals surface area (Å²) in [6, 6.07) is 10.2. The Balaban J connectivity index is 1.48. The molecule has 4 aliphatic rings. The van der Waals surface area contributed by atoms with Gasteiger partial charge in [0.25, 0.3) is 0 Å². The van der Waals surface area contributed by atoms with E-state index in [-0.39, 0.29) is 5.92 Å². The fraction of sp³-hybridized carbons (Fsp3) is 0.562. The van der Waals surface area contributed by atoms with Gasteiger partial charge < -0.3 is 4.90 Å². The van der Waals surface area contributed by atoms with Crippen LogP contribution in [0.25, 0.3) is 0 Å². The van der Waals surface area contributed by atoms with Crippen molar-refractivity contribution in [2.45, 2.75) is 24.4 Å². The average Bonchev–Trinajstić information content (AvgIpc) is 2.97. The Bertz CT molecular complexity index is 560. The van der Waals surface area contributed by atoms with Gasteiger partial charge in [-0.2, -0.15) is 4.40 Å². The van der Waals surface area contributed by atoms with Crippen LogP contribution in [0.1, 0.15) is 18.4 Å². The summed E-state index contributed by atoms with van der Waals surface area (Å²) in [6.07, 6.45) is 2.25. The predicted octanol–water partition coefficient (Wildman–Crippen LogP) is 3.49. The molecular weight excluding hydrogens is 317 g/mol. The topological polar surface area (TPSA) is 27.6 Å². The Morgan fingerprint density at radius 3 is 2.77 bits per heavy atom. The Morgan fingerprint density at radius 1 is 1.32 bits per heavy atom. The molecule has 2 bridgehead atoms. The number of halogens is 1. The number of thioether (sulfide) groups is 1.